The van der Waals surface area contributed by atoms with E-state index in [9.17, 15) is 0 Å². The standard InChI is InChI=1S/C15H22N2/c1-2-16-14-7-8-17(11-14)10-13-9-12-5-3-4-6-15(12)13/h3-6,13-14,16H,2,7-11H2,1H3. The van der Waals surface area contributed by atoms with Gasteiger partial charge in [0, 0.05) is 25.0 Å². The molecule has 1 saturated heterocycles. The van der Waals surface area contributed by atoms with Gasteiger partial charge in [0.1, 0.15) is 0 Å². The molecule has 1 fully saturated rings. The molecule has 1 heterocycles. The highest BCUT2D eigenvalue weighted by molar-refractivity contribution is 5.40. The van der Waals surface area contributed by atoms with Crippen molar-refractivity contribution in [3.8, 4) is 0 Å². The minimum Gasteiger partial charge on any atom is -0.313 e. The van der Waals surface area contributed by atoms with Crippen LogP contribution in [-0.2, 0) is 6.42 Å². The van der Waals surface area contributed by atoms with Gasteiger partial charge in [-0.25, -0.2) is 0 Å². The van der Waals surface area contributed by atoms with Crippen LogP contribution in [-0.4, -0.2) is 37.1 Å². The van der Waals surface area contributed by atoms with E-state index in [0.717, 1.165) is 18.5 Å². The summed E-state index contributed by atoms with van der Waals surface area (Å²) in [5.41, 5.74) is 3.17. The number of nitrogens with zero attached hydrogens (tertiary/aromatic N) is 1. The number of fused-ring (bicyclic) bond motifs is 1. The van der Waals surface area contributed by atoms with Gasteiger partial charge < -0.3 is 10.2 Å². The van der Waals surface area contributed by atoms with Gasteiger partial charge in [-0.1, -0.05) is 31.2 Å². The fraction of sp³-hybridized carbons (Fsp3) is 0.600. The lowest BCUT2D eigenvalue weighted by Gasteiger charge is -2.33. The van der Waals surface area contributed by atoms with Gasteiger partial charge in [-0.15, -0.1) is 0 Å². The Morgan fingerprint density at radius 1 is 1.35 bits per heavy atom. The zero-order chi connectivity index (χ0) is 11.7. The molecule has 1 aromatic rings. The SMILES string of the molecule is CCNC1CCN(CC2Cc3ccccc32)C1. The third-order valence-electron chi connectivity index (χ3n) is 4.20. The fourth-order valence-corrected chi connectivity index (χ4v) is 3.29. The first-order chi connectivity index (χ1) is 8.36. The van der Waals surface area contributed by atoms with Crippen molar-refractivity contribution >= 4 is 0 Å². The monoisotopic (exact) mass is 230 g/mol. The molecule has 0 spiro atoms. The van der Waals surface area contributed by atoms with E-state index in [-0.39, 0.29) is 0 Å². The quantitative estimate of drug-likeness (QED) is 0.851. The van der Waals surface area contributed by atoms with Gasteiger partial charge in [-0.05, 0) is 37.1 Å². The van der Waals surface area contributed by atoms with E-state index in [1.54, 1.807) is 11.1 Å². The number of rotatable bonds is 4. The van der Waals surface area contributed by atoms with Crippen LogP contribution in [0, 0.1) is 0 Å². The van der Waals surface area contributed by atoms with E-state index >= 15 is 0 Å². The van der Waals surface area contributed by atoms with Gasteiger partial charge in [-0.2, -0.15) is 0 Å². The van der Waals surface area contributed by atoms with Crippen molar-refractivity contribution in [2.24, 2.45) is 0 Å². The lowest BCUT2D eigenvalue weighted by molar-refractivity contribution is 0.294. The molecule has 17 heavy (non-hydrogen) atoms. The second-order valence-electron chi connectivity index (χ2n) is 5.40. The summed E-state index contributed by atoms with van der Waals surface area (Å²) >= 11 is 0. The molecule has 0 radical (unpaired) electrons. The van der Waals surface area contributed by atoms with Crippen molar-refractivity contribution in [3.63, 3.8) is 0 Å². The highest BCUT2D eigenvalue weighted by Gasteiger charge is 2.30. The Balaban J connectivity index is 1.53. The van der Waals surface area contributed by atoms with Crippen molar-refractivity contribution in [3.05, 3.63) is 35.4 Å². The summed E-state index contributed by atoms with van der Waals surface area (Å²) in [6.45, 7) is 7.08. The molecular formula is C15H22N2. The molecule has 1 N–H and O–H groups in total. The van der Waals surface area contributed by atoms with Crippen LogP contribution in [0.1, 0.15) is 30.4 Å². The highest BCUT2D eigenvalue weighted by Crippen LogP contribution is 2.35. The minimum absolute atomic E-state index is 0.732. The second kappa shape index (κ2) is 4.79. The zero-order valence-corrected chi connectivity index (χ0v) is 10.7. The maximum absolute atomic E-state index is 3.56. The van der Waals surface area contributed by atoms with E-state index in [4.69, 9.17) is 0 Å². The molecule has 2 unspecified atom stereocenters. The molecule has 2 heteroatoms. The van der Waals surface area contributed by atoms with Gasteiger partial charge >= 0.3 is 0 Å². The first-order valence-corrected chi connectivity index (χ1v) is 6.90. The maximum Gasteiger partial charge on any atom is 0.0207 e. The van der Waals surface area contributed by atoms with Crippen LogP contribution < -0.4 is 5.32 Å². The number of hydrogen-bond donors (Lipinski definition) is 1. The summed E-state index contributed by atoms with van der Waals surface area (Å²) in [4.78, 5) is 2.63. The summed E-state index contributed by atoms with van der Waals surface area (Å²) < 4.78 is 0. The molecule has 0 amide bonds. The molecule has 92 valence electrons. The van der Waals surface area contributed by atoms with Crippen LogP contribution in [0.2, 0.25) is 0 Å². The zero-order valence-electron chi connectivity index (χ0n) is 10.7. The molecule has 1 aromatic carbocycles. The highest BCUT2D eigenvalue weighted by atomic mass is 15.2. The van der Waals surface area contributed by atoms with E-state index in [0.29, 0.717) is 0 Å². The maximum atomic E-state index is 3.56. The Morgan fingerprint density at radius 2 is 2.24 bits per heavy atom. The molecule has 1 aliphatic carbocycles. The van der Waals surface area contributed by atoms with E-state index in [1.807, 2.05) is 0 Å². The number of benzene rings is 1. The van der Waals surface area contributed by atoms with Crippen LogP contribution in [0.5, 0.6) is 0 Å². The van der Waals surface area contributed by atoms with Crippen molar-refractivity contribution < 1.29 is 0 Å². The van der Waals surface area contributed by atoms with Crippen LogP contribution in [0.4, 0.5) is 0 Å². The third-order valence-corrected chi connectivity index (χ3v) is 4.20. The van der Waals surface area contributed by atoms with Crippen LogP contribution in [0.15, 0.2) is 24.3 Å². The van der Waals surface area contributed by atoms with Crippen molar-refractivity contribution in [1.82, 2.24) is 10.2 Å². The Hall–Kier alpha value is -0.860. The molecule has 2 aliphatic rings. The van der Waals surface area contributed by atoms with E-state index < -0.39 is 0 Å². The average molecular weight is 230 g/mol. The van der Waals surface area contributed by atoms with Gasteiger partial charge in [0.05, 0.1) is 0 Å². The second-order valence-corrected chi connectivity index (χ2v) is 5.40. The Kier molecular flexibility index (Phi) is 3.17. The van der Waals surface area contributed by atoms with E-state index in [2.05, 4.69) is 41.4 Å². The van der Waals surface area contributed by atoms with Gasteiger partial charge in [0.2, 0.25) is 0 Å². The molecule has 2 nitrogen and oxygen atoms in total. The van der Waals surface area contributed by atoms with Gasteiger partial charge in [0.15, 0.2) is 0 Å². The van der Waals surface area contributed by atoms with Crippen LogP contribution >= 0.6 is 0 Å². The molecule has 3 rings (SSSR count). The van der Waals surface area contributed by atoms with Crippen molar-refractivity contribution in [2.45, 2.75) is 31.7 Å². The summed E-state index contributed by atoms with van der Waals surface area (Å²) in [6, 6.07) is 9.65. The van der Waals surface area contributed by atoms with Gasteiger partial charge in [-0.3, -0.25) is 0 Å². The Labute approximate surface area is 104 Å². The van der Waals surface area contributed by atoms with E-state index in [1.165, 1.54) is 32.5 Å². The largest absolute Gasteiger partial charge is 0.313 e. The molecule has 1 aliphatic heterocycles. The van der Waals surface area contributed by atoms with Crippen LogP contribution in [0.25, 0.3) is 0 Å². The summed E-state index contributed by atoms with van der Waals surface area (Å²) in [5.74, 6) is 0.798. The first-order valence-electron chi connectivity index (χ1n) is 6.90. The lowest BCUT2D eigenvalue weighted by Crippen LogP contribution is -2.35. The van der Waals surface area contributed by atoms with Crippen molar-refractivity contribution in [2.75, 3.05) is 26.2 Å². The number of likely N-dealkylation sites (tertiary alicyclic amines) is 1. The normalized spacial score (nSPS) is 27.8. The third kappa shape index (κ3) is 2.24. The molecular weight excluding hydrogens is 208 g/mol. The lowest BCUT2D eigenvalue weighted by atomic mass is 9.77. The first kappa shape index (κ1) is 11.2. The Morgan fingerprint density at radius 3 is 3.06 bits per heavy atom. The van der Waals surface area contributed by atoms with Crippen LogP contribution in [0.3, 0.4) is 0 Å². The predicted octanol–water partition coefficient (Wildman–Crippen LogP) is 2.01. The summed E-state index contributed by atoms with van der Waals surface area (Å²) in [6.07, 6.45) is 2.61. The number of hydrogen-bond acceptors (Lipinski definition) is 2. The summed E-state index contributed by atoms with van der Waals surface area (Å²) in [5, 5.41) is 3.56. The van der Waals surface area contributed by atoms with Gasteiger partial charge in [0.25, 0.3) is 0 Å². The minimum atomic E-state index is 0.732. The molecule has 2 atom stereocenters. The number of likely N-dealkylation sites (N-methyl/N-ethyl adjacent to an activating group) is 1. The summed E-state index contributed by atoms with van der Waals surface area (Å²) in [7, 11) is 0. The predicted molar refractivity (Wildman–Crippen MR) is 71.4 cm³/mol. The average Bonchev–Trinajstić information content (AvgIpc) is 2.74. The molecule has 0 bridgehead atoms. The smallest absolute Gasteiger partial charge is 0.0207 e. The molecule has 0 saturated carbocycles. The van der Waals surface area contributed by atoms with Crippen molar-refractivity contribution in [1.29, 1.82) is 0 Å². The number of nitrogens with one attached hydrogen (secondary N) is 1. The molecule has 0 aromatic heterocycles. The Bertz CT molecular complexity index is 388. The fourth-order valence-electron chi connectivity index (χ4n) is 3.29. The topological polar surface area (TPSA) is 15.3 Å².